The zero-order chi connectivity index (χ0) is 11.1. The summed E-state index contributed by atoms with van der Waals surface area (Å²) in [5.74, 6) is 1.20. The van der Waals surface area contributed by atoms with E-state index in [9.17, 15) is 0 Å². The van der Waals surface area contributed by atoms with Crippen molar-refractivity contribution in [3.63, 3.8) is 0 Å². The molecule has 4 heteroatoms. The van der Waals surface area contributed by atoms with Crippen molar-refractivity contribution in [1.82, 2.24) is 5.32 Å². The molecule has 0 saturated heterocycles. The van der Waals surface area contributed by atoms with E-state index in [1.807, 2.05) is 0 Å². The third kappa shape index (κ3) is 4.51. The Morgan fingerprint density at radius 2 is 2.07 bits per heavy atom. The molecule has 0 aromatic rings. The zero-order valence-corrected chi connectivity index (χ0v) is 9.58. The molecule has 88 valence electrons. The van der Waals surface area contributed by atoms with E-state index in [-0.39, 0.29) is 5.84 Å². The summed E-state index contributed by atoms with van der Waals surface area (Å²) >= 11 is 0. The molecule has 0 aromatic heterocycles. The van der Waals surface area contributed by atoms with Crippen molar-refractivity contribution >= 4 is 5.84 Å². The number of rotatable bonds is 5. The summed E-state index contributed by atoms with van der Waals surface area (Å²) in [6.07, 6.45) is 7.76. The minimum absolute atomic E-state index is 0.269. The largest absolute Gasteiger partial charge is 0.409 e. The van der Waals surface area contributed by atoms with Crippen molar-refractivity contribution in [2.75, 3.05) is 6.54 Å². The number of hydrogen-bond donors (Lipinski definition) is 3. The van der Waals surface area contributed by atoms with Gasteiger partial charge in [-0.3, -0.25) is 0 Å². The number of nitrogens with two attached hydrogens (primary N) is 1. The maximum atomic E-state index is 8.40. The second kappa shape index (κ2) is 6.67. The number of nitrogens with zero attached hydrogens (tertiary/aromatic N) is 1. The molecule has 0 unspecified atom stereocenters. The van der Waals surface area contributed by atoms with Gasteiger partial charge >= 0.3 is 0 Å². The Morgan fingerprint density at radius 3 is 2.60 bits per heavy atom. The lowest BCUT2D eigenvalue weighted by Crippen LogP contribution is -2.38. The predicted octanol–water partition coefficient (Wildman–Crippen LogP) is 1.68. The third-order valence-corrected chi connectivity index (χ3v) is 3.24. The van der Waals surface area contributed by atoms with Crippen molar-refractivity contribution in [2.24, 2.45) is 16.8 Å². The van der Waals surface area contributed by atoms with E-state index in [1.54, 1.807) is 0 Å². The van der Waals surface area contributed by atoms with E-state index in [0.717, 1.165) is 5.92 Å². The molecule has 0 aliphatic heterocycles. The lowest BCUT2D eigenvalue weighted by Gasteiger charge is -2.28. The molecule has 0 radical (unpaired) electrons. The highest BCUT2D eigenvalue weighted by molar-refractivity contribution is 5.81. The summed E-state index contributed by atoms with van der Waals surface area (Å²) in [6.45, 7) is 2.75. The molecule has 4 nitrogen and oxygen atoms in total. The summed E-state index contributed by atoms with van der Waals surface area (Å²) in [7, 11) is 0. The summed E-state index contributed by atoms with van der Waals surface area (Å²) in [4.78, 5) is 0. The van der Waals surface area contributed by atoms with E-state index in [2.05, 4.69) is 17.4 Å². The monoisotopic (exact) mass is 213 g/mol. The number of oxime groups is 1. The SMILES string of the molecule is CCCC1CCC(NCC(N)=NO)CC1. The average molecular weight is 213 g/mol. The first-order chi connectivity index (χ1) is 7.26. The van der Waals surface area contributed by atoms with Crippen LogP contribution in [-0.2, 0) is 0 Å². The van der Waals surface area contributed by atoms with Crippen LogP contribution in [0.25, 0.3) is 0 Å². The van der Waals surface area contributed by atoms with Gasteiger partial charge in [-0.2, -0.15) is 0 Å². The Morgan fingerprint density at radius 1 is 1.40 bits per heavy atom. The second-order valence-corrected chi connectivity index (χ2v) is 4.48. The maximum Gasteiger partial charge on any atom is 0.153 e. The topological polar surface area (TPSA) is 70.6 Å². The van der Waals surface area contributed by atoms with Crippen LogP contribution in [0.1, 0.15) is 45.4 Å². The Kier molecular flexibility index (Phi) is 5.47. The quantitative estimate of drug-likeness (QED) is 0.282. The highest BCUT2D eigenvalue weighted by atomic mass is 16.4. The maximum absolute atomic E-state index is 8.40. The van der Waals surface area contributed by atoms with Crippen molar-refractivity contribution in [3.05, 3.63) is 0 Å². The van der Waals surface area contributed by atoms with Crippen LogP contribution in [0.3, 0.4) is 0 Å². The van der Waals surface area contributed by atoms with Crippen molar-refractivity contribution in [2.45, 2.75) is 51.5 Å². The highest BCUT2D eigenvalue weighted by Gasteiger charge is 2.19. The lowest BCUT2D eigenvalue weighted by molar-refractivity contribution is 0.282. The Bertz CT molecular complexity index is 198. The molecule has 0 spiro atoms. The van der Waals surface area contributed by atoms with Crippen LogP contribution in [0.4, 0.5) is 0 Å². The summed E-state index contributed by atoms with van der Waals surface area (Å²) in [6, 6.07) is 0.554. The van der Waals surface area contributed by atoms with Gasteiger partial charge in [0.25, 0.3) is 0 Å². The lowest BCUT2D eigenvalue weighted by atomic mass is 9.83. The average Bonchev–Trinajstić information content (AvgIpc) is 2.28. The molecule has 0 bridgehead atoms. The molecule has 0 heterocycles. The number of amidine groups is 1. The predicted molar refractivity (Wildman–Crippen MR) is 62.1 cm³/mol. The van der Waals surface area contributed by atoms with Crippen LogP contribution < -0.4 is 11.1 Å². The van der Waals surface area contributed by atoms with Gasteiger partial charge in [0.15, 0.2) is 5.84 Å². The normalized spacial score (nSPS) is 27.9. The first kappa shape index (κ1) is 12.3. The van der Waals surface area contributed by atoms with E-state index in [1.165, 1.54) is 38.5 Å². The van der Waals surface area contributed by atoms with Crippen LogP contribution in [0.5, 0.6) is 0 Å². The molecule has 1 aliphatic rings. The molecule has 1 fully saturated rings. The summed E-state index contributed by atoms with van der Waals surface area (Å²) < 4.78 is 0. The third-order valence-electron chi connectivity index (χ3n) is 3.24. The fourth-order valence-electron chi connectivity index (χ4n) is 2.35. The number of hydrogen-bond acceptors (Lipinski definition) is 3. The molecule has 15 heavy (non-hydrogen) atoms. The minimum atomic E-state index is 0.269. The molecular formula is C11H23N3O. The molecule has 1 saturated carbocycles. The molecule has 0 aromatic carbocycles. The molecular weight excluding hydrogens is 190 g/mol. The van der Waals surface area contributed by atoms with Gasteiger partial charge in [-0.1, -0.05) is 24.9 Å². The van der Waals surface area contributed by atoms with Gasteiger partial charge in [0.05, 0.1) is 6.54 Å². The van der Waals surface area contributed by atoms with Crippen molar-refractivity contribution in [1.29, 1.82) is 0 Å². The molecule has 1 rings (SSSR count). The van der Waals surface area contributed by atoms with Gasteiger partial charge in [-0.05, 0) is 31.6 Å². The van der Waals surface area contributed by atoms with Gasteiger partial charge in [-0.15, -0.1) is 0 Å². The Labute approximate surface area is 91.9 Å². The van der Waals surface area contributed by atoms with E-state index >= 15 is 0 Å². The smallest absolute Gasteiger partial charge is 0.153 e. The van der Waals surface area contributed by atoms with E-state index in [4.69, 9.17) is 10.9 Å². The van der Waals surface area contributed by atoms with Crippen LogP contribution >= 0.6 is 0 Å². The summed E-state index contributed by atoms with van der Waals surface area (Å²) in [5.41, 5.74) is 5.40. The van der Waals surface area contributed by atoms with Crippen LogP contribution in [0.2, 0.25) is 0 Å². The van der Waals surface area contributed by atoms with Gasteiger partial charge in [0.2, 0.25) is 0 Å². The molecule has 1 aliphatic carbocycles. The van der Waals surface area contributed by atoms with Gasteiger partial charge < -0.3 is 16.3 Å². The summed E-state index contributed by atoms with van der Waals surface area (Å²) in [5, 5.41) is 14.7. The first-order valence-electron chi connectivity index (χ1n) is 5.96. The first-order valence-corrected chi connectivity index (χ1v) is 5.96. The van der Waals surface area contributed by atoms with Crippen LogP contribution in [-0.4, -0.2) is 23.6 Å². The Balaban J connectivity index is 2.14. The van der Waals surface area contributed by atoms with E-state index in [0.29, 0.717) is 12.6 Å². The fourth-order valence-corrected chi connectivity index (χ4v) is 2.35. The van der Waals surface area contributed by atoms with Gasteiger partial charge in [-0.25, -0.2) is 0 Å². The molecule has 0 atom stereocenters. The highest BCUT2D eigenvalue weighted by Crippen LogP contribution is 2.27. The Hall–Kier alpha value is -0.770. The second-order valence-electron chi connectivity index (χ2n) is 4.48. The molecule has 4 N–H and O–H groups in total. The van der Waals surface area contributed by atoms with Crippen molar-refractivity contribution in [3.8, 4) is 0 Å². The molecule has 0 amide bonds. The van der Waals surface area contributed by atoms with Crippen molar-refractivity contribution < 1.29 is 5.21 Å². The number of nitrogens with one attached hydrogen (secondary N) is 1. The van der Waals surface area contributed by atoms with Gasteiger partial charge in [0, 0.05) is 6.04 Å². The zero-order valence-electron chi connectivity index (χ0n) is 9.58. The standard InChI is InChI=1S/C11H23N3O/c1-2-3-9-4-6-10(7-5-9)13-8-11(12)14-15/h9-10,13,15H,2-8H2,1H3,(H2,12,14). The van der Waals surface area contributed by atoms with Crippen LogP contribution in [0.15, 0.2) is 5.16 Å². The van der Waals surface area contributed by atoms with Crippen LogP contribution in [0, 0.1) is 5.92 Å². The minimum Gasteiger partial charge on any atom is -0.409 e. The fraction of sp³-hybridized carbons (Fsp3) is 0.909. The van der Waals surface area contributed by atoms with E-state index < -0.39 is 0 Å². The van der Waals surface area contributed by atoms with Gasteiger partial charge in [0.1, 0.15) is 0 Å².